The molecule has 0 aliphatic carbocycles. The van der Waals surface area contributed by atoms with Crippen LogP contribution in [0.2, 0.25) is 5.02 Å². The van der Waals surface area contributed by atoms with E-state index in [1.165, 1.54) is 0 Å². The lowest BCUT2D eigenvalue weighted by Crippen LogP contribution is -2.25. The second-order valence-corrected chi connectivity index (χ2v) is 4.03. The fourth-order valence-corrected chi connectivity index (χ4v) is 1.65. The van der Waals surface area contributed by atoms with Crippen molar-refractivity contribution in [2.75, 3.05) is 6.54 Å². The van der Waals surface area contributed by atoms with Crippen LogP contribution in [0.25, 0.3) is 0 Å². The van der Waals surface area contributed by atoms with Gasteiger partial charge in [0, 0.05) is 35.4 Å². The highest BCUT2D eigenvalue weighted by atomic mass is 35.5. The number of nitrogens with zero attached hydrogens (tertiary/aromatic N) is 1. The van der Waals surface area contributed by atoms with Gasteiger partial charge in [-0.25, -0.2) is 4.98 Å². The molecule has 2 aromatic rings. The molecule has 0 atom stereocenters. The van der Waals surface area contributed by atoms with Gasteiger partial charge in [-0.2, -0.15) is 0 Å². The Kier molecular flexibility index (Phi) is 3.77. The van der Waals surface area contributed by atoms with Crippen LogP contribution in [0.3, 0.4) is 0 Å². The van der Waals surface area contributed by atoms with Crippen molar-refractivity contribution in [2.45, 2.75) is 6.42 Å². The number of hydrogen-bond acceptors (Lipinski definition) is 2. The van der Waals surface area contributed by atoms with Crippen LogP contribution in [0, 0.1) is 0 Å². The molecule has 5 heteroatoms. The smallest absolute Gasteiger partial charge is 0.251 e. The maximum Gasteiger partial charge on any atom is 0.251 e. The molecule has 1 amide bonds. The van der Waals surface area contributed by atoms with Crippen molar-refractivity contribution in [3.63, 3.8) is 0 Å². The molecule has 0 saturated heterocycles. The van der Waals surface area contributed by atoms with Gasteiger partial charge < -0.3 is 10.3 Å². The molecule has 1 heterocycles. The minimum Gasteiger partial charge on any atom is -0.352 e. The van der Waals surface area contributed by atoms with E-state index in [-0.39, 0.29) is 5.91 Å². The third-order valence-corrected chi connectivity index (χ3v) is 2.56. The van der Waals surface area contributed by atoms with Gasteiger partial charge in [-0.05, 0) is 18.2 Å². The van der Waals surface area contributed by atoms with Crippen LogP contribution >= 0.6 is 11.6 Å². The molecule has 0 saturated carbocycles. The standard InChI is InChI=1S/C12H12ClN3O/c13-10-3-1-2-9(6-10)12(17)15-5-4-11-7-14-8-16-11/h1-3,6-8H,4-5H2,(H,14,16)(H,15,17). The summed E-state index contributed by atoms with van der Waals surface area (Å²) in [7, 11) is 0. The highest BCUT2D eigenvalue weighted by molar-refractivity contribution is 6.30. The second-order valence-electron chi connectivity index (χ2n) is 3.59. The average molecular weight is 250 g/mol. The Balaban J connectivity index is 1.85. The summed E-state index contributed by atoms with van der Waals surface area (Å²) < 4.78 is 0. The fraction of sp³-hybridized carbons (Fsp3) is 0.167. The zero-order valence-corrected chi connectivity index (χ0v) is 9.87. The molecule has 0 unspecified atom stereocenters. The first-order valence-electron chi connectivity index (χ1n) is 5.27. The molecule has 2 N–H and O–H groups in total. The van der Waals surface area contributed by atoms with Crippen LogP contribution in [0.15, 0.2) is 36.8 Å². The van der Waals surface area contributed by atoms with Crippen molar-refractivity contribution < 1.29 is 4.79 Å². The Labute approximate surface area is 104 Å². The van der Waals surface area contributed by atoms with E-state index in [0.29, 0.717) is 17.1 Å². The van der Waals surface area contributed by atoms with Crippen molar-refractivity contribution in [3.05, 3.63) is 53.1 Å². The van der Waals surface area contributed by atoms with E-state index in [4.69, 9.17) is 11.6 Å². The van der Waals surface area contributed by atoms with Gasteiger partial charge in [-0.3, -0.25) is 4.79 Å². The largest absolute Gasteiger partial charge is 0.352 e. The first-order valence-corrected chi connectivity index (χ1v) is 5.64. The summed E-state index contributed by atoms with van der Waals surface area (Å²) in [5.41, 5.74) is 1.57. The van der Waals surface area contributed by atoms with Crippen LogP contribution in [-0.2, 0) is 6.42 Å². The van der Waals surface area contributed by atoms with Gasteiger partial charge >= 0.3 is 0 Å². The number of carbonyl (C=O) groups excluding carboxylic acids is 1. The van der Waals surface area contributed by atoms with Crippen molar-refractivity contribution in [1.82, 2.24) is 15.3 Å². The lowest BCUT2D eigenvalue weighted by atomic mass is 10.2. The number of aromatic amines is 1. The van der Waals surface area contributed by atoms with Gasteiger partial charge in [-0.1, -0.05) is 17.7 Å². The van der Waals surface area contributed by atoms with E-state index in [2.05, 4.69) is 15.3 Å². The molecule has 0 fully saturated rings. The number of benzene rings is 1. The Hall–Kier alpha value is -1.81. The number of imidazole rings is 1. The quantitative estimate of drug-likeness (QED) is 0.871. The number of rotatable bonds is 4. The summed E-state index contributed by atoms with van der Waals surface area (Å²) in [5, 5.41) is 3.38. The Morgan fingerprint density at radius 3 is 3.06 bits per heavy atom. The Morgan fingerprint density at radius 1 is 1.47 bits per heavy atom. The number of H-pyrrole nitrogens is 1. The molecule has 2 rings (SSSR count). The predicted octanol–water partition coefficient (Wildman–Crippen LogP) is 2.04. The summed E-state index contributed by atoms with van der Waals surface area (Å²) in [4.78, 5) is 18.6. The summed E-state index contributed by atoms with van der Waals surface area (Å²) in [6.07, 6.45) is 4.09. The number of hydrogen-bond donors (Lipinski definition) is 2. The number of nitrogens with one attached hydrogen (secondary N) is 2. The molecule has 0 aliphatic heterocycles. The van der Waals surface area contributed by atoms with Crippen LogP contribution < -0.4 is 5.32 Å². The SMILES string of the molecule is O=C(NCCc1cnc[nH]1)c1cccc(Cl)c1. The van der Waals surface area contributed by atoms with E-state index in [1.54, 1.807) is 36.8 Å². The lowest BCUT2D eigenvalue weighted by Gasteiger charge is -2.04. The monoisotopic (exact) mass is 249 g/mol. The molecule has 0 radical (unpaired) electrons. The fourth-order valence-electron chi connectivity index (χ4n) is 1.46. The van der Waals surface area contributed by atoms with Crippen LogP contribution in [0.5, 0.6) is 0 Å². The summed E-state index contributed by atoms with van der Waals surface area (Å²) >= 11 is 5.81. The molecule has 88 valence electrons. The van der Waals surface area contributed by atoms with Gasteiger partial charge in [0.05, 0.1) is 6.33 Å². The summed E-state index contributed by atoms with van der Waals surface area (Å²) in [5.74, 6) is -0.119. The van der Waals surface area contributed by atoms with Gasteiger partial charge in [0.25, 0.3) is 5.91 Å². The second kappa shape index (κ2) is 5.50. The zero-order valence-electron chi connectivity index (χ0n) is 9.11. The first-order chi connectivity index (χ1) is 8.25. The van der Waals surface area contributed by atoms with Crippen LogP contribution in [-0.4, -0.2) is 22.4 Å². The average Bonchev–Trinajstić information content (AvgIpc) is 2.82. The third kappa shape index (κ3) is 3.32. The van der Waals surface area contributed by atoms with Crippen molar-refractivity contribution in [2.24, 2.45) is 0 Å². The van der Waals surface area contributed by atoms with Crippen molar-refractivity contribution >= 4 is 17.5 Å². The summed E-state index contributed by atoms with van der Waals surface area (Å²) in [6.45, 7) is 0.563. The van der Waals surface area contributed by atoms with Gasteiger partial charge in [0.1, 0.15) is 0 Å². The predicted molar refractivity (Wildman–Crippen MR) is 66.1 cm³/mol. The number of halogens is 1. The molecule has 17 heavy (non-hydrogen) atoms. The van der Waals surface area contributed by atoms with E-state index >= 15 is 0 Å². The normalized spacial score (nSPS) is 10.2. The third-order valence-electron chi connectivity index (χ3n) is 2.32. The molecule has 0 spiro atoms. The van der Waals surface area contributed by atoms with E-state index in [0.717, 1.165) is 12.1 Å². The van der Waals surface area contributed by atoms with Gasteiger partial charge in [-0.15, -0.1) is 0 Å². The molecule has 1 aromatic heterocycles. The highest BCUT2D eigenvalue weighted by Gasteiger charge is 2.05. The Bertz CT molecular complexity index is 496. The van der Waals surface area contributed by atoms with E-state index in [9.17, 15) is 4.79 Å². The zero-order chi connectivity index (χ0) is 12.1. The molecule has 4 nitrogen and oxygen atoms in total. The van der Waals surface area contributed by atoms with Crippen molar-refractivity contribution in [1.29, 1.82) is 0 Å². The number of aromatic nitrogens is 2. The van der Waals surface area contributed by atoms with E-state index < -0.39 is 0 Å². The molecule has 0 bridgehead atoms. The minimum absolute atomic E-state index is 0.119. The number of carbonyl (C=O) groups is 1. The minimum atomic E-state index is -0.119. The maximum atomic E-state index is 11.7. The van der Waals surface area contributed by atoms with Crippen LogP contribution in [0.1, 0.15) is 16.1 Å². The first kappa shape index (κ1) is 11.7. The maximum absolute atomic E-state index is 11.7. The molecular weight excluding hydrogens is 238 g/mol. The molecule has 0 aliphatic rings. The highest BCUT2D eigenvalue weighted by Crippen LogP contribution is 2.10. The van der Waals surface area contributed by atoms with Crippen LogP contribution in [0.4, 0.5) is 0 Å². The van der Waals surface area contributed by atoms with E-state index in [1.807, 2.05) is 0 Å². The lowest BCUT2D eigenvalue weighted by molar-refractivity contribution is 0.0954. The summed E-state index contributed by atoms with van der Waals surface area (Å²) in [6, 6.07) is 6.87. The number of amides is 1. The van der Waals surface area contributed by atoms with Crippen molar-refractivity contribution in [3.8, 4) is 0 Å². The Morgan fingerprint density at radius 2 is 2.35 bits per heavy atom. The van der Waals surface area contributed by atoms with Gasteiger partial charge in [0.15, 0.2) is 0 Å². The topological polar surface area (TPSA) is 57.8 Å². The molecule has 1 aromatic carbocycles. The molecular formula is C12H12ClN3O. The van der Waals surface area contributed by atoms with Gasteiger partial charge in [0.2, 0.25) is 0 Å².